The molecule has 2 atom stereocenters. The summed E-state index contributed by atoms with van der Waals surface area (Å²) in [6.45, 7) is 4.11. The molecule has 1 aromatic rings. The predicted molar refractivity (Wildman–Crippen MR) is 91.7 cm³/mol. The van der Waals surface area contributed by atoms with Crippen molar-refractivity contribution in [2.24, 2.45) is 11.7 Å². The molecule has 0 spiro atoms. The number of anilines is 1. The zero-order chi connectivity index (χ0) is 17.4. The second-order valence-electron chi connectivity index (χ2n) is 5.35. The molecule has 4 N–H and O–H groups in total. The Bertz CT molecular complexity index is 551. The number of amides is 2. The lowest BCUT2D eigenvalue weighted by Gasteiger charge is -2.17. The van der Waals surface area contributed by atoms with Crippen LogP contribution in [0.3, 0.4) is 0 Å². The summed E-state index contributed by atoms with van der Waals surface area (Å²) in [6.07, 6.45) is 0.957. The quantitative estimate of drug-likeness (QED) is 0.675. The van der Waals surface area contributed by atoms with Gasteiger partial charge in [-0.05, 0) is 24.1 Å². The summed E-state index contributed by atoms with van der Waals surface area (Å²) in [5, 5.41) is 5.87. The average Bonchev–Trinajstić information content (AvgIpc) is 2.53. The first-order chi connectivity index (χ1) is 10.9. The molecule has 0 radical (unpaired) electrons. The number of halogens is 1. The fourth-order valence-corrected chi connectivity index (χ4v) is 2.09. The van der Waals surface area contributed by atoms with Crippen LogP contribution in [0.2, 0.25) is 5.02 Å². The van der Waals surface area contributed by atoms with Crippen molar-refractivity contribution in [2.75, 3.05) is 19.0 Å². The van der Waals surface area contributed by atoms with Gasteiger partial charge in [-0.15, -0.1) is 0 Å². The first-order valence-corrected chi connectivity index (χ1v) is 7.93. The normalized spacial score (nSPS) is 13.1. The molecule has 1 aromatic carbocycles. The number of hydrogen-bond donors (Lipinski definition) is 3. The lowest BCUT2D eigenvalue weighted by Crippen LogP contribution is -2.45. The third kappa shape index (κ3) is 6.08. The van der Waals surface area contributed by atoms with Gasteiger partial charge in [-0.1, -0.05) is 31.9 Å². The molecule has 6 nitrogen and oxygen atoms in total. The molecule has 0 saturated heterocycles. The van der Waals surface area contributed by atoms with Crippen LogP contribution < -0.4 is 21.1 Å². The molecule has 0 saturated carbocycles. The Labute approximate surface area is 141 Å². The molecule has 23 heavy (non-hydrogen) atoms. The summed E-state index contributed by atoms with van der Waals surface area (Å²) in [4.78, 5) is 23.8. The number of rotatable bonds is 8. The Balaban J connectivity index is 2.46. The van der Waals surface area contributed by atoms with Gasteiger partial charge in [0.25, 0.3) is 0 Å². The maximum Gasteiger partial charge on any atom is 0.237 e. The molecular weight excluding hydrogens is 318 g/mol. The van der Waals surface area contributed by atoms with Gasteiger partial charge < -0.3 is 21.1 Å². The zero-order valence-electron chi connectivity index (χ0n) is 13.7. The topological polar surface area (TPSA) is 93.5 Å². The lowest BCUT2D eigenvalue weighted by atomic mass is 9.99. The fraction of sp³-hybridized carbons (Fsp3) is 0.500. The molecule has 0 aliphatic carbocycles. The third-order valence-corrected chi connectivity index (χ3v) is 3.88. The van der Waals surface area contributed by atoms with Crippen LogP contribution in [0.4, 0.5) is 5.69 Å². The Morgan fingerprint density at radius 3 is 2.70 bits per heavy atom. The van der Waals surface area contributed by atoms with E-state index in [1.165, 1.54) is 7.11 Å². The summed E-state index contributed by atoms with van der Waals surface area (Å²) in [6, 6.07) is 4.39. The van der Waals surface area contributed by atoms with E-state index in [0.29, 0.717) is 16.5 Å². The Morgan fingerprint density at radius 1 is 1.39 bits per heavy atom. The van der Waals surface area contributed by atoms with Crippen LogP contribution in [-0.2, 0) is 9.59 Å². The van der Waals surface area contributed by atoms with Gasteiger partial charge in [0.05, 0.1) is 18.8 Å². The van der Waals surface area contributed by atoms with Gasteiger partial charge in [0.1, 0.15) is 5.75 Å². The van der Waals surface area contributed by atoms with Crippen molar-refractivity contribution in [3.63, 3.8) is 0 Å². The number of hydrogen-bond acceptors (Lipinski definition) is 4. The number of nitrogens with two attached hydrogens (primary N) is 1. The third-order valence-electron chi connectivity index (χ3n) is 3.65. The summed E-state index contributed by atoms with van der Waals surface area (Å²) in [5.74, 6) is 0.126. The number of ether oxygens (including phenoxy) is 1. The predicted octanol–water partition coefficient (Wildman–Crippen LogP) is 2.17. The van der Waals surface area contributed by atoms with E-state index in [0.717, 1.165) is 6.42 Å². The van der Waals surface area contributed by atoms with Crippen molar-refractivity contribution in [1.29, 1.82) is 0 Å². The van der Waals surface area contributed by atoms with Gasteiger partial charge in [-0.25, -0.2) is 0 Å². The molecule has 0 aromatic heterocycles. The van der Waals surface area contributed by atoms with Gasteiger partial charge in [0, 0.05) is 18.0 Å². The highest BCUT2D eigenvalue weighted by Crippen LogP contribution is 2.27. The highest BCUT2D eigenvalue weighted by Gasteiger charge is 2.19. The number of carbonyl (C=O) groups excluding carboxylic acids is 2. The van der Waals surface area contributed by atoms with Gasteiger partial charge in [0.2, 0.25) is 11.8 Å². The minimum atomic E-state index is -0.559. The van der Waals surface area contributed by atoms with Crippen molar-refractivity contribution in [3.05, 3.63) is 23.2 Å². The lowest BCUT2D eigenvalue weighted by molar-refractivity contribution is -0.123. The Hall–Kier alpha value is -1.79. The summed E-state index contributed by atoms with van der Waals surface area (Å²) < 4.78 is 5.15. The van der Waals surface area contributed by atoms with E-state index >= 15 is 0 Å². The monoisotopic (exact) mass is 341 g/mol. The van der Waals surface area contributed by atoms with Crippen LogP contribution in [0.15, 0.2) is 18.2 Å². The minimum Gasteiger partial charge on any atom is -0.495 e. The van der Waals surface area contributed by atoms with Crippen molar-refractivity contribution in [1.82, 2.24) is 5.32 Å². The molecule has 128 valence electrons. The second-order valence-corrected chi connectivity index (χ2v) is 5.78. The summed E-state index contributed by atoms with van der Waals surface area (Å²) >= 11 is 5.90. The molecule has 2 unspecified atom stereocenters. The number of carbonyl (C=O) groups is 2. The smallest absolute Gasteiger partial charge is 0.237 e. The van der Waals surface area contributed by atoms with Crippen LogP contribution >= 0.6 is 11.6 Å². The maximum absolute atomic E-state index is 11.9. The zero-order valence-corrected chi connectivity index (χ0v) is 14.4. The van der Waals surface area contributed by atoms with Crippen LogP contribution in [0.1, 0.15) is 26.7 Å². The fourth-order valence-electron chi connectivity index (χ4n) is 1.92. The standard InChI is InChI=1S/C16H24ClN3O3/c1-4-10(2)15(18)16(22)19-8-7-14(21)20-12-9-11(17)5-6-13(12)23-3/h5-6,9-10,15H,4,7-8,18H2,1-3H3,(H,19,22)(H,20,21). The van der Waals surface area contributed by atoms with E-state index in [2.05, 4.69) is 10.6 Å². The summed E-state index contributed by atoms with van der Waals surface area (Å²) in [5.41, 5.74) is 6.32. The Kier molecular flexibility index (Phi) is 7.85. The van der Waals surface area contributed by atoms with E-state index < -0.39 is 6.04 Å². The minimum absolute atomic E-state index is 0.0968. The van der Waals surface area contributed by atoms with Crippen LogP contribution in [0.5, 0.6) is 5.75 Å². The highest BCUT2D eigenvalue weighted by molar-refractivity contribution is 6.31. The molecule has 2 amide bonds. The number of nitrogens with one attached hydrogen (secondary N) is 2. The molecular formula is C16H24ClN3O3. The van der Waals surface area contributed by atoms with Gasteiger partial charge >= 0.3 is 0 Å². The van der Waals surface area contributed by atoms with E-state index in [1.807, 2.05) is 13.8 Å². The van der Waals surface area contributed by atoms with E-state index in [9.17, 15) is 9.59 Å². The SMILES string of the molecule is CCC(C)C(N)C(=O)NCCC(=O)Nc1cc(Cl)ccc1OC. The van der Waals surface area contributed by atoms with E-state index in [4.69, 9.17) is 22.1 Å². The van der Waals surface area contributed by atoms with Gasteiger partial charge in [0.15, 0.2) is 0 Å². The maximum atomic E-state index is 11.9. The van der Waals surface area contributed by atoms with Gasteiger partial charge in [-0.2, -0.15) is 0 Å². The largest absolute Gasteiger partial charge is 0.495 e. The van der Waals surface area contributed by atoms with E-state index in [1.54, 1.807) is 18.2 Å². The van der Waals surface area contributed by atoms with Gasteiger partial charge in [-0.3, -0.25) is 9.59 Å². The van der Waals surface area contributed by atoms with Crippen LogP contribution in [0.25, 0.3) is 0 Å². The average molecular weight is 342 g/mol. The molecule has 1 rings (SSSR count). The summed E-state index contributed by atoms with van der Waals surface area (Å²) in [7, 11) is 1.51. The van der Waals surface area contributed by atoms with Crippen molar-refractivity contribution < 1.29 is 14.3 Å². The molecule has 0 aliphatic rings. The van der Waals surface area contributed by atoms with Crippen molar-refractivity contribution in [3.8, 4) is 5.75 Å². The molecule has 0 fully saturated rings. The second kappa shape index (κ2) is 9.37. The number of benzene rings is 1. The number of methoxy groups -OCH3 is 1. The molecule has 0 heterocycles. The van der Waals surface area contributed by atoms with Crippen LogP contribution in [0, 0.1) is 5.92 Å². The van der Waals surface area contributed by atoms with Crippen LogP contribution in [-0.4, -0.2) is 31.5 Å². The van der Waals surface area contributed by atoms with Crippen molar-refractivity contribution in [2.45, 2.75) is 32.7 Å². The highest BCUT2D eigenvalue weighted by atomic mass is 35.5. The first-order valence-electron chi connectivity index (χ1n) is 7.55. The molecule has 0 aliphatic heterocycles. The Morgan fingerprint density at radius 2 is 2.09 bits per heavy atom. The van der Waals surface area contributed by atoms with E-state index in [-0.39, 0.29) is 30.7 Å². The molecule has 0 bridgehead atoms. The first kappa shape index (κ1) is 19.3. The van der Waals surface area contributed by atoms with Crippen molar-refractivity contribution >= 4 is 29.1 Å². The molecule has 7 heteroatoms.